The average Bonchev–Trinajstić information content (AvgIpc) is 3.25. The van der Waals surface area contributed by atoms with Gasteiger partial charge in [0.2, 0.25) is 0 Å². The molecule has 0 atom stereocenters. The lowest BCUT2D eigenvalue weighted by atomic mass is 10.2. The van der Waals surface area contributed by atoms with Gasteiger partial charge in [-0.2, -0.15) is 0 Å². The first-order valence-corrected chi connectivity index (χ1v) is 6.55. The van der Waals surface area contributed by atoms with E-state index < -0.39 is 0 Å². The summed E-state index contributed by atoms with van der Waals surface area (Å²) in [7, 11) is 0. The molecule has 0 saturated heterocycles. The third-order valence-corrected chi connectivity index (χ3v) is 3.33. The number of anilines is 3. The molecule has 0 spiro atoms. The summed E-state index contributed by atoms with van der Waals surface area (Å²) in [4.78, 5) is 8.94. The standard InChI is InChI=1S/C14H16FN5/c1-8-12(17-11-4-2-3-10(15)7-11)18-14(9-5-6-9)19-13(8)20-16/h2-4,7,9H,5-6,16H2,1H3,(H2,17,18,19,20). The third-order valence-electron chi connectivity index (χ3n) is 3.33. The van der Waals surface area contributed by atoms with Gasteiger partial charge in [-0.25, -0.2) is 20.2 Å². The molecule has 2 aromatic rings. The van der Waals surface area contributed by atoms with Crippen LogP contribution in [0.25, 0.3) is 0 Å². The van der Waals surface area contributed by atoms with Crippen LogP contribution in [0.5, 0.6) is 0 Å². The summed E-state index contributed by atoms with van der Waals surface area (Å²) in [5, 5.41) is 3.12. The van der Waals surface area contributed by atoms with Crippen molar-refractivity contribution in [2.75, 3.05) is 10.7 Å². The quantitative estimate of drug-likeness (QED) is 0.590. The smallest absolute Gasteiger partial charge is 0.148 e. The normalized spacial score (nSPS) is 14.2. The second kappa shape index (κ2) is 5.05. The molecule has 1 fully saturated rings. The molecule has 0 amide bonds. The van der Waals surface area contributed by atoms with Crippen LogP contribution in [-0.2, 0) is 0 Å². The molecule has 1 aliphatic rings. The molecular weight excluding hydrogens is 257 g/mol. The fourth-order valence-electron chi connectivity index (χ4n) is 2.02. The Balaban J connectivity index is 1.97. The highest BCUT2D eigenvalue weighted by atomic mass is 19.1. The Kier molecular flexibility index (Phi) is 3.23. The Labute approximate surface area is 116 Å². The van der Waals surface area contributed by atoms with Crippen LogP contribution in [0, 0.1) is 12.7 Å². The second-order valence-electron chi connectivity index (χ2n) is 4.96. The summed E-state index contributed by atoms with van der Waals surface area (Å²) in [5.74, 6) is 7.65. The predicted molar refractivity (Wildman–Crippen MR) is 76.2 cm³/mol. The van der Waals surface area contributed by atoms with Gasteiger partial charge in [0.15, 0.2) is 0 Å². The fourth-order valence-corrected chi connectivity index (χ4v) is 2.02. The molecule has 1 aliphatic carbocycles. The minimum atomic E-state index is -0.290. The van der Waals surface area contributed by atoms with Crippen LogP contribution in [-0.4, -0.2) is 9.97 Å². The first kappa shape index (κ1) is 12.8. The van der Waals surface area contributed by atoms with Gasteiger partial charge in [-0.05, 0) is 38.0 Å². The van der Waals surface area contributed by atoms with Gasteiger partial charge in [0.05, 0.1) is 0 Å². The molecule has 5 nitrogen and oxygen atoms in total. The van der Waals surface area contributed by atoms with Gasteiger partial charge in [0.1, 0.15) is 23.3 Å². The number of aromatic nitrogens is 2. The minimum Gasteiger partial charge on any atom is -0.340 e. The summed E-state index contributed by atoms with van der Waals surface area (Å²) in [6.45, 7) is 1.87. The topological polar surface area (TPSA) is 75.9 Å². The molecule has 0 aliphatic heterocycles. The van der Waals surface area contributed by atoms with Crippen LogP contribution < -0.4 is 16.6 Å². The van der Waals surface area contributed by atoms with E-state index in [2.05, 4.69) is 20.7 Å². The summed E-state index contributed by atoms with van der Waals surface area (Å²) in [6, 6.07) is 6.27. The van der Waals surface area contributed by atoms with Crippen molar-refractivity contribution < 1.29 is 4.39 Å². The second-order valence-corrected chi connectivity index (χ2v) is 4.96. The molecule has 20 heavy (non-hydrogen) atoms. The zero-order valence-electron chi connectivity index (χ0n) is 11.2. The molecular formula is C14H16FN5. The Morgan fingerprint density at radius 1 is 1.25 bits per heavy atom. The molecule has 0 bridgehead atoms. The maximum atomic E-state index is 13.2. The SMILES string of the molecule is Cc1c(NN)nc(C2CC2)nc1Nc1cccc(F)c1. The Bertz CT molecular complexity index is 639. The Hall–Kier alpha value is -2.21. The Morgan fingerprint density at radius 2 is 2.00 bits per heavy atom. The van der Waals surface area contributed by atoms with Gasteiger partial charge in [-0.1, -0.05) is 6.07 Å². The first-order valence-electron chi connectivity index (χ1n) is 6.55. The summed E-state index contributed by atoms with van der Waals surface area (Å²) >= 11 is 0. The van der Waals surface area contributed by atoms with Crippen LogP contribution in [0.1, 0.15) is 30.1 Å². The van der Waals surface area contributed by atoms with Gasteiger partial charge in [-0.3, -0.25) is 0 Å². The Morgan fingerprint density at radius 3 is 2.65 bits per heavy atom. The lowest BCUT2D eigenvalue weighted by Crippen LogP contribution is -2.13. The molecule has 1 saturated carbocycles. The van der Waals surface area contributed by atoms with Crippen LogP contribution in [0.3, 0.4) is 0 Å². The average molecular weight is 273 g/mol. The number of hydrazine groups is 1. The van der Waals surface area contributed by atoms with Crippen molar-refractivity contribution in [2.45, 2.75) is 25.7 Å². The lowest BCUT2D eigenvalue weighted by molar-refractivity contribution is 0.628. The van der Waals surface area contributed by atoms with Gasteiger partial charge in [-0.15, -0.1) is 0 Å². The number of nitrogens with one attached hydrogen (secondary N) is 2. The molecule has 1 aromatic carbocycles. The van der Waals surface area contributed by atoms with Crippen LogP contribution >= 0.6 is 0 Å². The van der Waals surface area contributed by atoms with E-state index >= 15 is 0 Å². The van der Waals surface area contributed by atoms with Crippen molar-refractivity contribution >= 4 is 17.3 Å². The largest absolute Gasteiger partial charge is 0.340 e. The van der Waals surface area contributed by atoms with Crippen LogP contribution in [0.4, 0.5) is 21.7 Å². The minimum absolute atomic E-state index is 0.290. The van der Waals surface area contributed by atoms with Crippen LogP contribution in [0.15, 0.2) is 24.3 Å². The highest BCUT2D eigenvalue weighted by Gasteiger charge is 2.28. The number of hydrogen-bond acceptors (Lipinski definition) is 5. The molecule has 3 rings (SSSR count). The summed E-state index contributed by atoms with van der Waals surface area (Å²) in [5.41, 5.74) is 4.05. The zero-order valence-corrected chi connectivity index (χ0v) is 11.2. The van der Waals surface area contributed by atoms with E-state index in [9.17, 15) is 4.39 Å². The molecule has 1 heterocycles. The monoisotopic (exact) mass is 273 g/mol. The molecule has 0 unspecified atom stereocenters. The number of rotatable bonds is 4. The molecule has 104 valence electrons. The van der Waals surface area contributed by atoms with Crippen molar-refractivity contribution in [1.29, 1.82) is 0 Å². The summed E-state index contributed by atoms with van der Waals surface area (Å²) in [6.07, 6.45) is 2.21. The molecule has 6 heteroatoms. The van der Waals surface area contributed by atoms with E-state index in [0.29, 0.717) is 23.2 Å². The van der Waals surface area contributed by atoms with Crippen molar-refractivity contribution in [3.05, 3.63) is 41.5 Å². The third kappa shape index (κ3) is 2.55. The zero-order chi connectivity index (χ0) is 14.1. The van der Waals surface area contributed by atoms with E-state index in [-0.39, 0.29) is 5.82 Å². The van der Waals surface area contributed by atoms with Gasteiger partial charge in [0, 0.05) is 17.2 Å². The maximum absolute atomic E-state index is 13.2. The van der Waals surface area contributed by atoms with Gasteiger partial charge < -0.3 is 10.7 Å². The van der Waals surface area contributed by atoms with E-state index in [1.807, 2.05) is 6.92 Å². The predicted octanol–water partition coefficient (Wildman–Crippen LogP) is 2.83. The van der Waals surface area contributed by atoms with Crippen molar-refractivity contribution in [3.63, 3.8) is 0 Å². The molecule has 0 radical (unpaired) electrons. The molecule has 1 aromatic heterocycles. The van der Waals surface area contributed by atoms with Crippen molar-refractivity contribution in [1.82, 2.24) is 9.97 Å². The highest BCUT2D eigenvalue weighted by molar-refractivity contribution is 5.64. The van der Waals surface area contributed by atoms with E-state index in [1.165, 1.54) is 12.1 Å². The van der Waals surface area contributed by atoms with Gasteiger partial charge in [0.25, 0.3) is 0 Å². The van der Waals surface area contributed by atoms with Gasteiger partial charge >= 0.3 is 0 Å². The van der Waals surface area contributed by atoms with E-state index in [4.69, 9.17) is 5.84 Å². The number of nitrogens with two attached hydrogens (primary N) is 1. The summed E-state index contributed by atoms with van der Waals surface area (Å²) < 4.78 is 13.2. The van der Waals surface area contributed by atoms with E-state index in [1.54, 1.807) is 12.1 Å². The maximum Gasteiger partial charge on any atom is 0.148 e. The number of nitrogen functional groups attached to an aromatic ring is 1. The number of nitrogens with zero attached hydrogens (tertiary/aromatic N) is 2. The number of halogens is 1. The van der Waals surface area contributed by atoms with Crippen LogP contribution in [0.2, 0.25) is 0 Å². The highest BCUT2D eigenvalue weighted by Crippen LogP contribution is 2.39. The van der Waals surface area contributed by atoms with E-state index in [0.717, 1.165) is 24.2 Å². The van der Waals surface area contributed by atoms with Crippen molar-refractivity contribution in [2.24, 2.45) is 5.84 Å². The fraction of sp³-hybridized carbons (Fsp3) is 0.286. The number of benzene rings is 1. The molecule has 4 N–H and O–H groups in total. The van der Waals surface area contributed by atoms with Crippen molar-refractivity contribution in [3.8, 4) is 0 Å². The number of hydrogen-bond donors (Lipinski definition) is 3. The lowest BCUT2D eigenvalue weighted by Gasteiger charge is -2.13. The first-order chi connectivity index (χ1) is 9.67.